The number of nitrogens with zero attached hydrogens (tertiary/aromatic N) is 1. The molecule has 0 saturated carbocycles. The number of carbonyl (C=O) groups is 1. The molecule has 1 heterocycles. The van der Waals surface area contributed by atoms with Gasteiger partial charge in [0.05, 0.1) is 6.54 Å². The number of aromatic nitrogens is 1. The molecule has 19 heavy (non-hydrogen) atoms. The van der Waals surface area contributed by atoms with Crippen molar-refractivity contribution < 1.29 is 4.79 Å². The first-order valence-corrected chi connectivity index (χ1v) is 7.27. The van der Waals surface area contributed by atoms with Gasteiger partial charge in [0.1, 0.15) is 0 Å². The Bertz CT molecular complexity index is 430. The van der Waals surface area contributed by atoms with E-state index in [1.165, 1.54) is 0 Å². The molecule has 108 valence electrons. The summed E-state index contributed by atoms with van der Waals surface area (Å²) in [6.07, 6.45) is 1.11. The van der Waals surface area contributed by atoms with Crippen molar-refractivity contribution in [1.29, 1.82) is 0 Å². The monoisotopic (exact) mass is 264 g/mol. The third-order valence-electron chi connectivity index (χ3n) is 3.49. The second kappa shape index (κ2) is 6.90. The lowest BCUT2D eigenvalue weighted by molar-refractivity contribution is 0.0990. The Morgan fingerprint density at radius 1 is 1.26 bits per heavy atom. The van der Waals surface area contributed by atoms with Crippen molar-refractivity contribution in [2.45, 2.75) is 54.0 Å². The van der Waals surface area contributed by atoms with Gasteiger partial charge in [-0.05, 0) is 52.6 Å². The van der Waals surface area contributed by atoms with Gasteiger partial charge in [0.2, 0.25) is 0 Å². The maximum atomic E-state index is 12.2. The highest BCUT2D eigenvalue weighted by molar-refractivity contribution is 5.99. The fourth-order valence-electron chi connectivity index (χ4n) is 2.54. The zero-order valence-corrected chi connectivity index (χ0v) is 13.2. The van der Waals surface area contributed by atoms with Crippen LogP contribution in [0, 0.1) is 19.8 Å². The molecular formula is C16H28N2O. The molecule has 0 unspecified atom stereocenters. The van der Waals surface area contributed by atoms with Gasteiger partial charge in [-0.3, -0.25) is 4.79 Å². The van der Waals surface area contributed by atoms with Crippen LogP contribution in [-0.2, 0) is 0 Å². The van der Waals surface area contributed by atoms with E-state index in [0.717, 1.165) is 29.9 Å². The van der Waals surface area contributed by atoms with Gasteiger partial charge in [-0.15, -0.1) is 0 Å². The number of nitrogens with one attached hydrogen (secondary N) is 1. The van der Waals surface area contributed by atoms with Crippen LogP contribution in [0.1, 0.15) is 61.9 Å². The molecule has 1 aromatic heterocycles. The van der Waals surface area contributed by atoms with Crippen LogP contribution in [0.4, 0.5) is 0 Å². The van der Waals surface area contributed by atoms with Crippen LogP contribution >= 0.6 is 0 Å². The van der Waals surface area contributed by atoms with E-state index < -0.39 is 0 Å². The van der Waals surface area contributed by atoms with E-state index in [1.807, 2.05) is 13.0 Å². The van der Waals surface area contributed by atoms with Gasteiger partial charge in [-0.25, -0.2) is 0 Å². The molecule has 3 nitrogen and oxygen atoms in total. The molecule has 0 amide bonds. The predicted molar refractivity (Wildman–Crippen MR) is 80.9 cm³/mol. The van der Waals surface area contributed by atoms with E-state index in [2.05, 4.69) is 44.5 Å². The zero-order chi connectivity index (χ0) is 14.6. The fraction of sp³-hybridized carbons (Fsp3) is 0.688. The van der Waals surface area contributed by atoms with Crippen LogP contribution in [-0.4, -0.2) is 23.4 Å². The van der Waals surface area contributed by atoms with Crippen LogP contribution in [0.2, 0.25) is 0 Å². The van der Waals surface area contributed by atoms with E-state index in [0.29, 0.717) is 18.5 Å². The molecule has 1 rings (SSSR count). The van der Waals surface area contributed by atoms with Crippen LogP contribution < -0.4 is 5.32 Å². The molecule has 0 aliphatic carbocycles. The topological polar surface area (TPSA) is 34.0 Å². The van der Waals surface area contributed by atoms with Gasteiger partial charge in [0.25, 0.3) is 0 Å². The van der Waals surface area contributed by atoms with Crippen molar-refractivity contribution in [3.05, 3.63) is 23.0 Å². The van der Waals surface area contributed by atoms with Gasteiger partial charge in [-0.1, -0.05) is 13.8 Å². The van der Waals surface area contributed by atoms with Crippen molar-refractivity contribution >= 4 is 5.78 Å². The molecule has 1 aromatic rings. The Hall–Kier alpha value is -1.09. The molecule has 0 saturated heterocycles. The number of hydrogen-bond acceptors (Lipinski definition) is 2. The molecule has 0 bridgehead atoms. The van der Waals surface area contributed by atoms with Gasteiger partial charge in [0, 0.05) is 23.0 Å². The highest BCUT2D eigenvalue weighted by atomic mass is 16.1. The molecule has 0 fully saturated rings. The van der Waals surface area contributed by atoms with Crippen LogP contribution in [0.25, 0.3) is 0 Å². The van der Waals surface area contributed by atoms with Gasteiger partial charge in [-0.2, -0.15) is 0 Å². The second-order valence-corrected chi connectivity index (χ2v) is 6.03. The van der Waals surface area contributed by atoms with Crippen molar-refractivity contribution in [2.75, 3.05) is 13.1 Å². The van der Waals surface area contributed by atoms with E-state index in [9.17, 15) is 4.79 Å². The first kappa shape index (κ1) is 16.0. The summed E-state index contributed by atoms with van der Waals surface area (Å²) in [5.74, 6) is 0.873. The molecular weight excluding hydrogens is 236 g/mol. The Kier molecular flexibility index (Phi) is 5.80. The molecule has 0 atom stereocenters. The molecule has 0 aliphatic heterocycles. The summed E-state index contributed by atoms with van der Waals surface area (Å²) in [4.78, 5) is 12.2. The average molecular weight is 264 g/mol. The zero-order valence-electron chi connectivity index (χ0n) is 13.2. The SMILES string of the molecule is Cc1cc(C(=O)CNCCC(C)C)c(C)n1C(C)C. The minimum absolute atomic E-state index is 0.198. The van der Waals surface area contributed by atoms with Crippen LogP contribution in [0.5, 0.6) is 0 Å². The molecule has 1 N–H and O–H groups in total. The van der Waals surface area contributed by atoms with Crippen molar-refractivity contribution in [2.24, 2.45) is 5.92 Å². The van der Waals surface area contributed by atoms with E-state index in [4.69, 9.17) is 0 Å². The summed E-state index contributed by atoms with van der Waals surface area (Å²) < 4.78 is 2.22. The van der Waals surface area contributed by atoms with Crippen molar-refractivity contribution in [3.8, 4) is 0 Å². The van der Waals surface area contributed by atoms with Crippen LogP contribution in [0.15, 0.2) is 6.07 Å². The maximum Gasteiger partial charge on any atom is 0.178 e. The normalized spacial score (nSPS) is 11.6. The minimum Gasteiger partial charge on any atom is -0.346 e. The highest BCUT2D eigenvalue weighted by Gasteiger charge is 2.16. The Morgan fingerprint density at radius 2 is 1.89 bits per heavy atom. The van der Waals surface area contributed by atoms with E-state index in [-0.39, 0.29) is 5.78 Å². The van der Waals surface area contributed by atoms with Gasteiger partial charge in [0.15, 0.2) is 5.78 Å². The summed E-state index contributed by atoms with van der Waals surface area (Å²) >= 11 is 0. The Balaban J connectivity index is 2.65. The maximum absolute atomic E-state index is 12.2. The third kappa shape index (κ3) is 4.20. The van der Waals surface area contributed by atoms with Crippen molar-refractivity contribution in [3.63, 3.8) is 0 Å². The lowest BCUT2D eigenvalue weighted by Gasteiger charge is -2.13. The number of ketones is 1. The number of aryl methyl sites for hydroxylation is 1. The second-order valence-electron chi connectivity index (χ2n) is 6.03. The Morgan fingerprint density at radius 3 is 2.37 bits per heavy atom. The lowest BCUT2D eigenvalue weighted by atomic mass is 10.1. The quantitative estimate of drug-likeness (QED) is 0.604. The number of carbonyl (C=O) groups excluding carboxylic acids is 1. The minimum atomic E-state index is 0.198. The number of rotatable bonds is 7. The largest absolute Gasteiger partial charge is 0.346 e. The molecule has 0 spiro atoms. The molecule has 0 radical (unpaired) electrons. The Labute approximate surface area is 117 Å². The van der Waals surface area contributed by atoms with E-state index in [1.54, 1.807) is 0 Å². The van der Waals surface area contributed by atoms with E-state index >= 15 is 0 Å². The number of hydrogen-bond donors (Lipinski definition) is 1. The summed E-state index contributed by atoms with van der Waals surface area (Å²) in [6.45, 7) is 14.1. The summed E-state index contributed by atoms with van der Waals surface area (Å²) in [5, 5.41) is 3.24. The highest BCUT2D eigenvalue weighted by Crippen LogP contribution is 2.20. The number of Topliss-reactive ketones (excluding diaryl/α,β-unsaturated/α-hetero) is 1. The lowest BCUT2D eigenvalue weighted by Crippen LogP contribution is -2.25. The third-order valence-corrected chi connectivity index (χ3v) is 3.49. The molecule has 0 aliphatic rings. The van der Waals surface area contributed by atoms with Crippen molar-refractivity contribution in [1.82, 2.24) is 9.88 Å². The van der Waals surface area contributed by atoms with Gasteiger partial charge >= 0.3 is 0 Å². The standard InChI is InChI=1S/C16H28N2O/c1-11(2)7-8-17-10-16(19)15-9-13(5)18(12(3)4)14(15)6/h9,11-12,17H,7-8,10H2,1-6H3. The smallest absolute Gasteiger partial charge is 0.178 e. The summed E-state index contributed by atoms with van der Waals surface area (Å²) in [6, 6.07) is 2.41. The molecule has 3 heteroatoms. The molecule has 0 aromatic carbocycles. The summed E-state index contributed by atoms with van der Waals surface area (Å²) in [7, 11) is 0. The van der Waals surface area contributed by atoms with Gasteiger partial charge < -0.3 is 9.88 Å². The first-order chi connectivity index (χ1) is 8.84. The first-order valence-electron chi connectivity index (χ1n) is 7.27. The van der Waals surface area contributed by atoms with Crippen LogP contribution in [0.3, 0.4) is 0 Å². The fourth-order valence-corrected chi connectivity index (χ4v) is 2.54. The average Bonchev–Trinajstić information content (AvgIpc) is 2.59. The summed E-state index contributed by atoms with van der Waals surface area (Å²) in [5.41, 5.74) is 3.12. The predicted octanol–water partition coefficient (Wildman–Crippen LogP) is 3.50.